The highest BCUT2D eigenvalue weighted by molar-refractivity contribution is 4.99. The largest absolute Gasteiger partial charge is 0.377 e. The first kappa shape index (κ1) is 14.3. The number of ether oxygens (including phenoxy) is 1. The zero-order valence-corrected chi connectivity index (χ0v) is 12.6. The average molecular weight is 254 g/mol. The Morgan fingerprint density at radius 2 is 2.06 bits per heavy atom. The summed E-state index contributed by atoms with van der Waals surface area (Å²) >= 11 is 0. The molecule has 0 bridgehead atoms. The molecule has 1 saturated carbocycles. The first-order chi connectivity index (χ1) is 8.56. The van der Waals surface area contributed by atoms with Crippen molar-refractivity contribution in [3.8, 4) is 0 Å². The van der Waals surface area contributed by atoms with Crippen molar-refractivity contribution in [2.45, 2.75) is 70.1 Å². The summed E-state index contributed by atoms with van der Waals surface area (Å²) in [7, 11) is 1.89. The molecule has 0 radical (unpaired) electrons. The molecule has 0 aromatic carbocycles. The summed E-state index contributed by atoms with van der Waals surface area (Å²) in [6.45, 7) is 10.3. The molecule has 0 amide bonds. The summed E-state index contributed by atoms with van der Waals surface area (Å²) in [5.74, 6) is 0. The van der Waals surface area contributed by atoms with Crippen LogP contribution in [0.1, 0.15) is 52.9 Å². The molecule has 1 aliphatic heterocycles. The first-order valence-corrected chi connectivity index (χ1v) is 7.61. The molecule has 0 aromatic rings. The van der Waals surface area contributed by atoms with Crippen molar-refractivity contribution < 1.29 is 4.74 Å². The summed E-state index contributed by atoms with van der Waals surface area (Å²) in [4.78, 5) is 2.68. The Kier molecular flexibility index (Phi) is 4.35. The van der Waals surface area contributed by atoms with Crippen LogP contribution in [0, 0.1) is 0 Å². The fraction of sp³-hybridized carbons (Fsp3) is 1.00. The number of rotatable bonds is 5. The Hall–Kier alpha value is -0.120. The second-order valence-electron chi connectivity index (χ2n) is 6.50. The smallest absolute Gasteiger partial charge is 0.0805 e. The van der Waals surface area contributed by atoms with Crippen LogP contribution in [-0.2, 0) is 4.74 Å². The van der Waals surface area contributed by atoms with Crippen molar-refractivity contribution >= 4 is 0 Å². The van der Waals surface area contributed by atoms with Crippen LogP contribution in [-0.4, -0.2) is 48.8 Å². The number of hydrogen-bond acceptors (Lipinski definition) is 3. The molecule has 2 atom stereocenters. The highest BCUT2D eigenvalue weighted by atomic mass is 16.5. The Morgan fingerprint density at radius 1 is 1.33 bits per heavy atom. The van der Waals surface area contributed by atoms with E-state index >= 15 is 0 Å². The van der Waals surface area contributed by atoms with Gasteiger partial charge in [0.15, 0.2) is 0 Å². The molecule has 3 nitrogen and oxygen atoms in total. The van der Waals surface area contributed by atoms with Gasteiger partial charge in [0.05, 0.1) is 5.60 Å². The second kappa shape index (κ2) is 5.48. The molecule has 1 N–H and O–H groups in total. The van der Waals surface area contributed by atoms with Crippen molar-refractivity contribution in [1.82, 2.24) is 10.2 Å². The maximum atomic E-state index is 5.81. The molecule has 2 unspecified atom stereocenters. The maximum Gasteiger partial charge on any atom is 0.0805 e. The van der Waals surface area contributed by atoms with E-state index in [1.54, 1.807) is 0 Å². The molecule has 2 rings (SSSR count). The molecule has 1 aliphatic carbocycles. The molecular weight excluding hydrogens is 224 g/mol. The number of hydrogen-bond donors (Lipinski definition) is 1. The molecule has 3 heteroatoms. The van der Waals surface area contributed by atoms with Gasteiger partial charge in [-0.05, 0) is 39.0 Å². The van der Waals surface area contributed by atoms with E-state index in [0.29, 0.717) is 6.04 Å². The normalized spacial score (nSPS) is 36.3. The van der Waals surface area contributed by atoms with Crippen LogP contribution in [0.3, 0.4) is 0 Å². The molecule has 106 valence electrons. The molecule has 1 heterocycles. The third-order valence-corrected chi connectivity index (χ3v) is 5.27. The lowest BCUT2D eigenvalue weighted by Gasteiger charge is -2.51. The topological polar surface area (TPSA) is 24.5 Å². The van der Waals surface area contributed by atoms with Gasteiger partial charge >= 0.3 is 0 Å². The number of methoxy groups -OCH3 is 1. The van der Waals surface area contributed by atoms with Gasteiger partial charge in [0.1, 0.15) is 0 Å². The van der Waals surface area contributed by atoms with Crippen molar-refractivity contribution in [3.63, 3.8) is 0 Å². The van der Waals surface area contributed by atoms with Crippen LogP contribution < -0.4 is 5.32 Å². The van der Waals surface area contributed by atoms with E-state index in [0.717, 1.165) is 19.6 Å². The predicted molar refractivity (Wildman–Crippen MR) is 75.9 cm³/mol. The number of nitrogens with one attached hydrogen (secondary N) is 1. The van der Waals surface area contributed by atoms with Gasteiger partial charge in [-0.25, -0.2) is 0 Å². The van der Waals surface area contributed by atoms with E-state index < -0.39 is 0 Å². The van der Waals surface area contributed by atoms with Gasteiger partial charge in [-0.15, -0.1) is 0 Å². The Morgan fingerprint density at radius 3 is 2.50 bits per heavy atom. The summed E-state index contributed by atoms with van der Waals surface area (Å²) in [5, 5.41) is 3.73. The third kappa shape index (κ3) is 2.73. The van der Waals surface area contributed by atoms with Gasteiger partial charge in [-0.3, -0.25) is 4.90 Å². The minimum absolute atomic E-state index is 0.166. The lowest BCUT2D eigenvalue weighted by Crippen LogP contribution is -2.65. The van der Waals surface area contributed by atoms with E-state index in [-0.39, 0.29) is 11.1 Å². The number of nitrogens with zero attached hydrogens (tertiary/aromatic N) is 1. The Bertz CT molecular complexity index is 272. The highest BCUT2D eigenvalue weighted by Gasteiger charge is 2.42. The Balaban J connectivity index is 2.02. The van der Waals surface area contributed by atoms with Gasteiger partial charge in [0.2, 0.25) is 0 Å². The van der Waals surface area contributed by atoms with Crippen molar-refractivity contribution in [3.05, 3.63) is 0 Å². The van der Waals surface area contributed by atoms with Crippen LogP contribution in [0.2, 0.25) is 0 Å². The average Bonchev–Trinajstić information content (AvgIpc) is 2.34. The van der Waals surface area contributed by atoms with Gasteiger partial charge < -0.3 is 10.1 Å². The van der Waals surface area contributed by atoms with E-state index in [9.17, 15) is 0 Å². The molecule has 18 heavy (non-hydrogen) atoms. The molecule has 0 aromatic heterocycles. The number of piperazine rings is 1. The monoisotopic (exact) mass is 254 g/mol. The first-order valence-electron chi connectivity index (χ1n) is 7.61. The second-order valence-corrected chi connectivity index (χ2v) is 6.50. The highest BCUT2D eigenvalue weighted by Crippen LogP contribution is 2.37. The van der Waals surface area contributed by atoms with Crippen LogP contribution in [0.25, 0.3) is 0 Å². The van der Waals surface area contributed by atoms with E-state index in [1.807, 2.05) is 7.11 Å². The van der Waals surface area contributed by atoms with E-state index in [4.69, 9.17) is 4.74 Å². The lowest BCUT2D eigenvalue weighted by atomic mass is 9.78. The van der Waals surface area contributed by atoms with Crippen molar-refractivity contribution in [2.24, 2.45) is 0 Å². The van der Waals surface area contributed by atoms with Crippen LogP contribution in [0.4, 0.5) is 0 Å². The SMILES string of the molecule is CCC1CNC(C)(CC)CN1CC1(OC)CCC1. The van der Waals surface area contributed by atoms with Gasteiger partial charge in [0.25, 0.3) is 0 Å². The van der Waals surface area contributed by atoms with Crippen molar-refractivity contribution in [1.29, 1.82) is 0 Å². The zero-order chi connectivity index (χ0) is 13.2. The standard InChI is InChI=1S/C15H30N2O/c1-5-13-10-16-14(3,6-2)11-17(13)12-15(18-4)8-7-9-15/h13,16H,5-12H2,1-4H3. The minimum Gasteiger partial charge on any atom is -0.377 e. The fourth-order valence-corrected chi connectivity index (χ4v) is 3.32. The Labute approximate surface area is 112 Å². The molecule has 0 spiro atoms. The van der Waals surface area contributed by atoms with Gasteiger partial charge in [0, 0.05) is 38.3 Å². The summed E-state index contributed by atoms with van der Waals surface area (Å²) < 4.78 is 5.81. The van der Waals surface area contributed by atoms with E-state index in [1.165, 1.54) is 32.1 Å². The fourth-order valence-electron chi connectivity index (χ4n) is 3.32. The molecule has 2 aliphatic rings. The van der Waals surface area contributed by atoms with Gasteiger partial charge in [-0.1, -0.05) is 13.8 Å². The van der Waals surface area contributed by atoms with Crippen LogP contribution in [0.5, 0.6) is 0 Å². The zero-order valence-electron chi connectivity index (χ0n) is 12.6. The van der Waals surface area contributed by atoms with Crippen LogP contribution in [0.15, 0.2) is 0 Å². The minimum atomic E-state index is 0.166. The molecule has 2 fully saturated rings. The molecular formula is C15H30N2O. The van der Waals surface area contributed by atoms with Crippen molar-refractivity contribution in [2.75, 3.05) is 26.7 Å². The van der Waals surface area contributed by atoms with E-state index in [2.05, 4.69) is 31.0 Å². The summed E-state index contributed by atoms with van der Waals surface area (Å²) in [5.41, 5.74) is 0.448. The maximum absolute atomic E-state index is 5.81. The summed E-state index contributed by atoms with van der Waals surface area (Å²) in [6, 6.07) is 0.678. The summed E-state index contributed by atoms with van der Waals surface area (Å²) in [6.07, 6.45) is 6.24. The predicted octanol–water partition coefficient (Wildman–Crippen LogP) is 2.41. The quantitative estimate of drug-likeness (QED) is 0.815. The van der Waals surface area contributed by atoms with Gasteiger partial charge in [-0.2, -0.15) is 0 Å². The lowest BCUT2D eigenvalue weighted by molar-refractivity contribution is -0.105. The molecule has 1 saturated heterocycles. The third-order valence-electron chi connectivity index (χ3n) is 5.27. The van der Waals surface area contributed by atoms with Crippen LogP contribution >= 0.6 is 0 Å².